The standard InChI is InChI=1S/C18H29N3O/c1-17(2,3)13-20-9-10-21(16(22)12-20)14-7-8-15(19-11-14)18(4,5)6/h7-8,11H,9-10,12-13H2,1-6H3. The fraction of sp³-hybridized carbons (Fsp3) is 0.667. The van der Waals surface area contributed by atoms with Crippen LogP contribution in [0.3, 0.4) is 0 Å². The zero-order chi connectivity index (χ0) is 16.5. The van der Waals surface area contributed by atoms with Gasteiger partial charge in [-0.15, -0.1) is 0 Å². The van der Waals surface area contributed by atoms with Crippen molar-refractivity contribution in [2.24, 2.45) is 5.41 Å². The van der Waals surface area contributed by atoms with Crippen LogP contribution in [0.5, 0.6) is 0 Å². The highest BCUT2D eigenvalue weighted by Crippen LogP contribution is 2.24. The zero-order valence-electron chi connectivity index (χ0n) is 14.8. The van der Waals surface area contributed by atoms with Crippen molar-refractivity contribution in [2.75, 3.05) is 31.1 Å². The van der Waals surface area contributed by atoms with Crippen LogP contribution in [0.25, 0.3) is 0 Å². The molecule has 1 fully saturated rings. The fourth-order valence-electron chi connectivity index (χ4n) is 2.79. The van der Waals surface area contributed by atoms with Gasteiger partial charge in [0, 0.05) is 30.7 Å². The molecule has 4 nitrogen and oxygen atoms in total. The Kier molecular flexibility index (Phi) is 4.62. The van der Waals surface area contributed by atoms with Crippen molar-refractivity contribution in [3.05, 3.63) is 24.0 Å². The number of rotatable bonds is 2. The van der Waals surface area contributed by atoms with Crippen LogP contribution in [0.15, 0.2) is 18.3 Å². The predicted octanol–water partition coefficient (Wildman–Crippen LogP) is 3.07. The highest BCUT2D eigenvalue weighted by Gasteiger charge is 2.28. The van der Waals surface area contributed by atoms with Crippen molar-refractivity contribution in [1.82, 2.24) is 9.88 Å². The Morgan fingerprint density at radius 2 is 1.77 bits per heavy atom. The van der Waals surface area contributed by atoms with E-state index in [1.807, 2.05) is 23.2 Å². The Bertz CT molecular complexity index is 523. The molecule has 0 N–H and O–H groups in total. The molecule has 0 unspecified atom stereocenters. The van der Waals surface area contributed by atoms with Gasteiger partial charge in [-0.25, -0.2) is 0 Å². The summed E-state index contributed by atoms with van der Waals surface area (Å²) in [6, 6.07) is 4.05. The number of aromatic nitrogens is 1. The van der Waals surface area contributed by atoms with Crippen molar-refractivity contribution in [3.8, 4) is 0 Å². The molecule has 0 saturated carbocycles. The molecule has 1 aromatic rings. The molecule has 2 rings (SSSR count). The number of nitrogens with zero attached hydrogens (tertiary/aromatic N) is 3. The molecular weight excluding hydrogens is 274 g/mol. The Morgan fingerprint density at radius 3 is 2.23 bits per heavy atom. The molecule has 0 spiro atoms. The first-order chi connectivity index (χ1) is 10.1. The molecule has 22 heavy (non-hydrogen) atoms. The maximum absolute atomic E-state index is 12.4. The van der Waals surface area contributed by atoms with Crippen LogP contribution in [-0.4, -0.2) is 42.0 Å². The summed E-state index contributed by atoms with van der Waals surface area (Å²) in [4.78, 5) is 21.1. The molecule has 1 aliphatic heterocycles. The molecule has 0 aromatic carbocycles. The third kappa shape index (κ3) is 4.29. The van der Waals surface area contributed by atoms with Gasteiger partial charge in [-0.2, -0.15) is 0 Å². The van der Waals surface area contributed by atoms with Gasteiger partial charge in [0.25, 0.3) is 0 Å². The van der Waals surface area contributed by atoms with E-state index in [4.69, 9.17) is 0 Å². The molecule has 1 saturated heterocycles. The number of hydrogen-bond donors (Lipinski definition) is 0. The largest absolute Gasteiger partial charge is 0.308 e. The second-order valence-electron chi connectivity index (χ2n) is 8.47. The number of pyridine rings is 1. The number of carbonyl (C=O) groups excluding carboxylic acids is 1. The Hall–Kier alpha value is -1.42. The van der Waals surface area contributed by atoms with E-state index in [1.54, 1.807) is 0 Å². The number of anilines is 1. The lowest BCUT2D eigenvalue weighted by molar-refractivity contribution is -0.121. The third-order valence-electron chi connectivity index (χ3n) is 3.83. The molecular formula is C18H29N3O. The first kappa shape index (κ1) is 16.9. The first-order valence-corrected chi connectivity index (χ1v) is 8.05. The average molecular weight is 303 g/mol. The molecule has 1 aromatic heterocycles. The van der Waals surface area contributed by atoms with Crippen LogP contribution in [0.2, 0.25) is 0 Å². The van der Waals surface area contributed by atoms with E-state index < -0.39 is 0 Å². The minimum absolute atomic E-state index is 0.0357. The summed E-state index contributed by atoms with van der Waals surface area (Å²) in [5.41, 5.74) is 2.22. The predicted molar refractivity (Wildman–Crippen MR) is 91.2 cm³/mol. The summed E-state index contributed by atoms with van der Waals surface area (Å²) >= 11 is 0. The maximum Gasteiger partial charge on any atom is 0.241 e. The van der Waals surface area contributed by atoms with Crippen molar-refractivity contribution >= 4 is 11.6 Å². The monoisotopic (exact) mass is 303 g/mol. The van der Waals surface area contributed by atoms with Gasteiger partial charge in [0.2, 0.25) is 5.91 Å². The van der Waals surface area contributed by atoms with Crippen LogP contribution in [0.1, 0.15) is 47.2 Å². The number of amides is 1. The molecule has 0 bridgehead atoms. The third-order valence-corrected chi connectivity index (χ3v) is 3.83. The van der Waals surface area contributed by atoms with Gasteiger partial charge < -0.3 is 4.90 Å². The topological polar surface area (TPSA) is 36.4 Å². The molecule has 122 valence electrons. The molecule has 1 amide bonds. The first-order valence-electron chi connectivity index (χ1n) is 8.05. The molecule has 0 radical (unpaired) electrons. The van der Waals surface area contributed by atoms with E-state index in [2.05, 4.69) is 51.4 Å². The average Bonchev–Trinajstić information content (AvgIpc) is 2.36. The van der Waals surface area contributed by atoms with Gasteiger partial charge in [-0.05, 0) is 17.5 Å². The van der Waals surface area contributed by atoms with E-state index in [0.717, 1.165) is 31.0 Å². The molecule has 2 heterocycles. The summed E-state index contributed by atoms with van der Waals surface area (Å²) in [5.74, 6) is 0.167. The second-order valence-corrected chi connectivity index (χ2v) is 8.47. The molecule has 0 aliphatic carbocycles. The zero-order valence-corrected chi connectivity index (χ0v) is 14.8. The molecule has 4 heteroatoms. The van der Waals surface area contributed by atoms with E-state index in [0.29, 0.717) is 6.54 Å². The van der Waals surface area contributed by atoms with Gasteiger partial charge in [0.1, 0.15) is 0 Å². The van der Waals surface area contributed by atoms with Crippen molar-refractivity contribution < 1.29 is 4.79 Å². The Balaban J connectivity index is 2.04. The van der Waals surface area contributed by atoms with Crippen molar-refractivity contribution in [3.63, 3.8) is 0 Å². The highest BCUT2D eigenvalue weighted by atomic mass is 16.2. The molecule has 1 aliphatic rings. The van der Waals surface area contributed by atoms with Gasteiger partial charge >= 0.3 is 0 Å². The summed E-state index contributed by atoms with van der Waals surface area (Å²) < 4.78 is 0. The summed E-state index contributed by atoms with van der Waals surface area (Å²) in [6.45, 7) is 16.2. The van der Waals surface area contributed by atoms with Crippen LogP contribution in [0.4, 0.5) is 5.69 Å². The number of carbonyl (C=O) groups is 1. The van der Waals surface area contributed by atoms with Crippen LogP contribution < -0.4 is 4.90 Å². The van der Waals surface area contributed by atoms with Crippen LogP contribution in [0, 0.1) is 5.41 Å². The summed E-state index contributed by atoms with van der Waals surface area (Å²) in [7, 11) is 0. The smallest absolute Gasteiger partial charge is 0.241 e. The van der Waals surface area contributed by atoms with Gasteiger partial charge in [-0.3, -0.25) is 14.7 Å². The SMILES string of the molecule is CC(C)(C)CN1CCN(c2ccc(C(C)(C)C)nc2)C(=O)C1. The van der Waals surface area contributed by atoms with E-state index in [9.17, 15) is 4.79 Å². The van der Waals surface area contributed by atoms with E-state index in [1.165, 1.54) is 0 Å². The van der Waals surface area contributed by atoms with Gasteiger partial charge in [0.15, 0.2) is 0 Å². The van der Waals surface area contributed by atoms with Crippen LogP contribution in [-0.2, 0) is 10.2 Å². The maximum atomic E-state index is 12.4. The van der Waals surface area contributed by atoms with Crippen molar-refractivity contribution in [1.29, 1.82) is 0 Å². The van der Waals surface area contributed by atoms with Crippen LogP contribution >= 0.6 is 0 Å². The number of hydrogen-bond acceptors (Lipinski definition) is 3. The quantitative estimate of drug-likeness (QED) is 0.842. The van der Waals surface area contributed by atoms with E-state index in [-0.39, 0.29) is 16.7 Å². The van der Waals surface area contributed by atoms with Gasteiger partial charge in [-0.1, -0.05) is 41.5 Å². The fourth-order valence-corrected chi connectivity index (χ4v) is 2.79. The number of piperazine rings is 1. The minimum atomic E-state index is 0.0357. The Morgan fingerprint density at radius 1 is 1.09 bits per heavy atom. The lowest BCUT2D eigenvalue weighted by Crippen LogP contribution is -2.52. The normalized spacial score (nSPS) is 17.9. The summed E-state index contributed by atoms with van der Waals surface area (Å²) in [5, 5.41) is 0. The molecule has 0 atom stereocenters. The summed E-state index contributed by atoms with van der Waals surface area (Å²) in [6.07, 6.45) is 1.83. The second kappa shape index (κ2) is 5.99. The Labute approximate surface area is 134 Å². The lowest BCUT2D eigenvalue weighted by Gasteiger charge is -2.37. The van der Waals surface area contributed by atoms with Crippen molar-refractivity contribution in [2.45, 2.75) is 47.0 Å². The van der Waals surface area contributed by atoms with E-state index >= 15 is 0 Å². The lowest BCUT2D eigenvalue weighted by atomic mass is 9.92. The highest BCUT2D eigenvalue weighted by molar-refractivity contribution is 5.95. The minimum Gasteiger partial charge on any atom is -0.308 e. The van der Waals surface area contributed by atoms with Gasteiger partial charge in [0.05, 0.1) is 18.4 Å².